The fourth-order valence-electron chi connectivity index (χ4n) is 6.60. The Morgan fingerprint density at radius 3 is 1.65 bits per heavy atom. The highest BCUT2D eigenvalue weighted by Gasteiger charge is 2.21. The molecule has 0 bridgehead atoms. The quantitative estimate of drug-likeness (QED) is 0.184. The van der Waals surface area contributed by atoms with Crippen LogP contribution in [0.5, 0.6) is 0 Å². The van der Waals surface area contributed by atoms with E-state index in [0.717, 1.165) is 78.3 Å². The highest BCUT2D eigenvalue weighted by atomic mass is 15.3. The maximum atomic E-state index is 5.37. The molecule has 230 valence electrons. The first-order valence-corrected chi connectivity index (χ1v) is 16.3. The molecular weight excluding hydrogens is 599 g/mol. The summed E-state index contributed by atoms with van der Waals surface area (Å²) in [6.07, 6.45) is 3.59. The molecule has 0 fully saturated rings. The van der Waals surface area contributed by atoms with Gasteiger partial charge >= 0.3 is 0 Å². The second kappa shape index (κ2) is 12.1. The van der Waals surface area contributed by atoms with E-state index in [1.165, 1.54) is 5.39 Å². The van der Waals surface area contributed by atoms with Crippen molar-refractivity contribution in [2.45, 2.75) is 0 Å². The highest BCUT2D eigenvalue weighted by molar-refractivity contribution is 6.17. The SMILES string of the molecule is c1ccc(-c2cc3ccccc3c3c2c(-c2ccccc2)nn3-c2ccc(-c3cc(-c4ccccn4)nc(-c4ccccn4)c3)cc2)cc1. The van der Waals surface area contributed by atoms with Crippen LogP contribution in [-0.2, 0) is 0 Å². The molecule has 9 rings (SSSR count). The molecule has 0 aliphatic rings. The molecule has 0 saturated heterocycles. The Labute approximate surface area is 283 Å². The van der Waals surface area contributed by atoms with Gasteiger partial charge in [0.15, 0.2) is 0 Å². The van der Waals surface area contributed by atoms with Crippen LogP contribution >= 0.6 is 0 Å². The van der Waals surface area contributed by atoms with Crippen molar-refractivity contribution in [3.63, 3.8) is 0 Å². The van der Waals surface area contributed by atoms with Gasteiger partial charge in [-0.15, -0.1) is 0 Å². The molecule has 4 aromatic heterocycles. The van der Waals surface area contributed by atoms with Crippen LogP contribution in [0.1, 0.15) is 0 Å². The molecule has 0 N–H and O–H groups in total. The van der Waals surface area contributed by atoms with Crippen LogP contribution in [0.15, 0.2) is 176 Å². The summed E-state index contributed by atoms with van der Waals surface area (Å²) in [5, 5.41) is 8.83. The summed E-state index contributed by atoms with van der Waals surface area (Å²) < 4.78 is 2.11. The largest absolute Gasteiger partial charge is 0.255 e. The van der Waals surface area contributed by atoms with Crippen LogP contribution in [0.4, 0.5) is 0 Å². The molecule has 5 nitrogen and oxygen atoms in total. The molecule has 4 heterocycles. The Hall–Kier alpha value is -6.72. The van der Waals surface area contributed by atoms with Crippen LogP contribution in [0, 0.1) is 0 Å². The van der Waals surface area contributed by atoms with E-state index in [4.69, 9.17) is 10.1 Å². The molecule has 0 aliphatic carbocycles. The van der Waals surface area contributed by atoms with Gasteiger partial charge in [-0.05, 0) is 82.2 Å². The minimum absolute atomic E-state index is 0.799. The second-order valence-corrected chi connectivity index (χ2v) is 12.0. The summed E-state index contributed by atoms with van der Waals surface area (Å²) in [5.74, 6) is 0. The lowest BCUT2D eigenvalue weighted by atomic mass is 9.94. The molecule has 0 saturated carbocycles. The van der Waals surface area contributed by atoms with Crippen molar-refractivity contribution in [2.75, 3.05) is 0 Å². The maximum Gasteiger partial charge on any atom is 0.101 e. The van der Waals surface area contributed by atoms with Crippen LogP contribution in [0.2, 0.25) is 0 Å². The van der Waals surface area contributed by atoms with E-state index >= 15 is 0 Å². The van der Waals surface area contributed by atoms with Crippen LogP contribution in [-0.4, -0.2) is 24.7 Å². The van der Waals surface area contributed by atoms with E-state index in [-0.39, 0.29) is 0 Å². The molecule has 5 aromatic carbocycles. The third-order valence-corrected chi connectivity index (χ3v) is 8.93. The van der Waals surface area contributed by atoms with E-state index in [1.54, 1.807) is 12.4 Å². The number of benzene rings is 5. The molecule has 0 aliphatic heterocycles. The van der Waals surface area contributed by atoms with Crippen molar-refractivity contribution in [1.29, 1.82) is 0 Å². The Bertz CT molecular complexity index is 2500. The number of nitrogens with zero attached hydrogens (tertiary/aromatic N) is 5. The molecule has 49 heavy (non-hydrogen) atoms. The van der Waals surface area contributed by atoms with E-state index in [9.17, 15) is 0 Å². The van der Waals surface area contributed by atoms with E-state index in [2.05, 4.69) is 136 Å². The molecule has 0 radical (unpaired) electrons. The average Bonchev–Trinajstić information content (AvgIpc) is 3.60. The van der Waals surface area contributed by atoms with Crippen LogP contribution in [0.3, 0.4) is 0 Å². The standard InChI is InChI=1S/C44H29N5/c1-3-13-31(14-4-1)37-27-33-17-7-8-18-36(33)44-42(37)43(32-15-5-2-6-16-32)48-49(44)35-23-21-30(22-24-35)34-28-40(38-19-9-11-25-45-38)47-41(29-34)39-20-10-12-26-46-39/h1-29H. The second-order valence-electron chi connectivity index (χ2n) is 12.0. The lowest BCUT2D eigenvalue weighted by molar-refractivity contribution is 0.918. The van der Waals surface area contributed by atoms with E-state index in [0.29, 0.717) is 0 Å². The lowest BCUT2D eigenvalue weighted by Gasteiger charge is -2.12. The van der Waals surface area contributed by atoms with Crippen molar-refractivity contribution in [1.82, 2.24) is 24.7 Å². The molecule has 0 unspecified atom stereocenters. The fraction of sp³-hybridized carbons (Fsp3) is 0. The predicted molar refractivity (Wildman–Crippen MR) is 199 cm³/mol. The van der Waals surface area contributed by atoms with E-state index in [1.807, 2.05) is 42.5 Å². The summed E-state index contributed by atoms with van der Waals surface area (Å²) in [5.41, 5.74) is 11.8. The third-order valence-electron chi connectivity index (χ3n) is 8.93. The summed E-state index contributed by atoms with van der Waals surface area (Å²) in [7, 11) is 0. The highest BCUT2D eigenvalue weighted by Crippen LogP contribution is 2.41. The summed E-state index contributed by atoms with van der Waals surface area (Å²) in [4.78, 5) is 14.1. The Morgan fingerprint density at radius 1 is 0.429 bits per heavy atom. The van der Waals surface area contributed by atoms with E-state index < -0.39 is 0 Å². The zero-order valence-corrected chi connectivity index (χ0v) is 26.5. The minimum Gasteiger partial charge on any atom is -0.255 e. The number of hydrogen-bond acceptors (Lipinski definition) is 4. The minimum atomic E-state index is 0.799. The van der Waals surface area contributed by atoms with Gasteiger partial charge in [-0.2, -0.15) is 5.10 Å². The first-order valence-electron chi connectivity index (χ1n) is 16.3. The van der Waals surface area contributed by atoms with Gasteiger partial charge in [-0.1, -0.05) is 109 Å². The smallest absolute Gasteiger partial charge is 0.101 e. The lowest BCUT2D eigenvalue weighted by Crippen LogP contribution is -1.98. The summed E-state index contributed by atoms with van der Waals surface area (Å²) in [6.45, 7) is 0. The predicted octanol–water partition coefficient (Wildman–Crippen LogP) is 10.7. The van der Waals surface area contributed by atoms with Crippen molar-refractivity contribution in [3.8, 4) is 62.0 Å². The Balaban J connectivity index is 1.24. The van der Waals surface area contributed by atoms with Gasteiger partial charge in [-0.25, -0.2) is 9.67 Å². The maximum absolute atomic E-state index is 5.37. The van der Waals surface area contributed by atoms with Crippen molar-refractivity contribution >= 4 is 21.7 Å². The van der Waals surface area contributed by atoms with Gasteiger partial charge in [-0.3, -0.25) is 9.97 Å². The molecule has 0 amide bonds. The number of pyridine rings is 3. The number of fused-ring (bicyclic) bond motifs is 3. The molecule has 5 heteroatoms. The monoisotopic (exact) mass is 627 g/mol. The van der Waals surface area contributed by atoms with Crippen molar-refractivity contribution in [2.24, 2.45) is 0 Å². The van der Waals surface area contributed by atoms with Crippen molar-refractivity contribution in [3.05, 3.63) is 176 Å². The van der Waals surface area contributed by atoms with Gasteiger partial charge in [0.1, 0.15) is 5.69 Å². The number of rotatable bonds is 6. The molecule has 9 aromatic rings. The van der Waals surface area contributed by atoms with Crippen molar-refractivity contribution < 1.29 is 0 Å². The average molecular weight is 628 g/mol. The van der Waals surface area contributed by atoms with Gasteiger partial charge in [0.2, 0.25) is 0 Å². The van der Waals surface area contributed by atoms with Gasteiger partial charge in [0.05, 0.1) is 34.0 Å². The number of hydrogen-bond donors (Lipinski definition) is 0. The van der Waals surface area contributed by atoms with Gasteiger partial charge < -0.3 is 0 Å². The fourth-order valence-corrected chi connectivity index (χ4v) is 6.60. The third kappa shape index (κ3) is 5.24. The molecule has 0 atom stereocenters. The van der Waals surface area contributed by atoms with Crippen LogP contribution in [0.25, 0.3) is 83.6 Å². The van der Waals surface area contributed by atoms with Gasteiger partial charge in [0.25, 0.3) is 0 Å². The Morgan fingerprint density at radius 2 is 1.02 bits per heavy atom. The Kier molecular flexibility index (Phi) is 7.06. The topological polar surface area (TPSA) is 56.5 Å². The van der Waals surface area contributed by atoms with Gasteiger partial charge in [0, 0.05) is 28.7 Å². The molecule has 0 spiro atoms. The van der Waals surface area contributed by atoms with Crippen LogP contribution < -0.4 is 0 Å². The summed E-state index contributed by atoms with van der Waals surface area (Å²) in [6, 6.07) is 56.6. The summed E-state index contributed by atoms with van der Waals surface area (Å²) >= 11 is 0. The number of aromatic nitrogens is 5. The molecular formula is C44H29N5. The first kappa shape index (κ1) is 28.5. The zero-order valence-electron chi connectivity index (χ0n) is 26.5. The normalized spacial score (nSPS) is 11.3. The zero-order chi connectivity index (χ0) is 32.6. The first-order chi connectivity index (χ1) is 24.3.